The van der Waals surface area contributed by atoms with Gasteiger partial charge in [0.05, 0.1) is 0 Å². The van der Waals surface area contributed by atoms with Crippen molar-refractivity contribution >= 4 is 167 Å². The van der Waals surface area contributed by atoms with Crippen LogP contribution >= 0.6 is 0 Å². The molecule has 4 nitrogen and oxygen atoms in total. The molecule has 0 aliphatic carbocycles. The highest BCUT2D eigenvalue weighted by atomic mass is 16.5. The largest absolute Gasteiger partial charge is 0.456 e. The first-order chi connectivity index (χ1) is 58.3. The Hall–Kier alpha value is -15.0. The summed E-state index contributed by atoms with van der Waals surface area (Å²) in [5, 5.41) is 19.5. The smallest absolute Gasteiger partial charge is 0.242 e. The molecular formula is C112H76B2N2O2. The van der Waals surface area contributed by atoms with Crippen molar-refractivity contribution in [3.63, 3.8) is 0 Å². The molecular weight excluding hydrogens is 1430 g/mol. The number of benzene rings is 21. The van der Waals surface area contributed by atoms with Gasteiger partial charge in [0.1, 0.15) is 23.0 Å². The average molecular weight is 1500 g/mol. The lowest BCUT2D eigenvalue weighted by Crippen LogP contribution is -2.54. The first-order valence-corrected chi connectivity index (χ1v) is 40.8. The number of nitrogens with zero attached hydrogens (tertiary/aromatic N) is 2. The SMILES string of the molecule is Cc1ccccc1B(c1ccccc1C)c1cc2c3cccc4c3c(cc2c2ccccc12)-c1ccc(N(c2ccc3ccccc3c2)c2ccc3ccccc3c2)cc1O4.c1ccc(B(c2ccccc2)c2ccc(-c3cc4c5cccc6c5c(cc4c4ccccc34)-c3ccc(N(c4ccccc4)c4ccccc4)cc3O6)cc2)cc1. The fraction of sp³-hybridized carbons (Fsp3) is 0.0179. The van der Waals surface area contributed by atoms with Gasteiger partial charge in [-0.15, -0.1) is 0 Å². The summed E-state index contributed by atoms with van der Waals surface area (Å²) in [4.78, 5) is 4.64. The van der Waals surface area contributed by atoms with Gasteiger partial charge in [0.2, 0.25) is 13.4 Å². The predicted octanol–water partition coefficient (Wildman–Crippen LogP) is 26.4. The Morgan fingerprint density at radius 2 is 0.559 bits per heavy atom. The van der Waals surface area contributed by atoms with Crippen LogP contribution in [-0.2, 0) is 0 Å². The standard InChI is InChI=1S/C58H40BNO.C54H36BNO/c1-37-14-3-11-23-53(37)59(54-24-12-4-15-38(54)2)55-36-51-49-22-13-25-56-58(49)52(35-50(51)46-20-9-10-21-47(46)55)48-31-30-45(34-57(48)61-56)60(43-28-26-39-16-5-7-18-41(39)32-43)44-29-27-40-17-6-8-19-42(40)33-44;1-5-16-38(17-6-1)55(39-18-7-2-8-19-39)40-30-28-37(29-31-40)48-35-50-47-26-15-27-52-54(47)51(36-49(50)45-25-14-13-24-44(45)48)46-33-32-43(34-53(46)57-52)56(41-20-9-3-10-21-41)42-22-11-4-12-23-42/h3-36H,1-2H3;1-36H. The van der Waals surface area contributed by atoms with E-state index in [1.54, 1.807) is 0 Å². The maximum Gasteiger partial charge on any atom is 0.242 e. The van der Waals surface area contributed by atoms with Gasteiger partial charge in [-0.1, -0.05) is 353 Å². The molecule has 0 saturated heterocycles. The number of hydrogen-bond donors (Lipinski definition) is 0. The van der Waals surface area contributed by atoms with Crippen LogP contribution < -0.4 is 52.1 Å². The van der Waals surface area contributed by atoms with Gasteiger partial charge in [0.15, 0.2) is 0 Å². The van der Waals surface area contributed by atoms with E-state index in [-0.39, 0.29) is 13.4 Å². The third-order valence-corrected chi connectivity index (χ3v) is 24.6. The zero-order valence-corrected chi connectivity index (χ0v) is 65.3. The molecule has 0 unspecified atom stereocenters. The summed E-state index contributed by atoms with van der Waals surface area (Å²) in [5.41, 5.74) is 23.9. The van der Waals surface area contributed by atoms with Crippen molar-refractivity contribution in [1.82, 2.24) is 0 Å². The van der Waals surface area contributed by atoms with Crippen LogP contribution in [0.15, 0.2) is 425 Å². The van der Waals surface area contributed by atoms with Crippen LogP contribution in [-0.4, -0.2) is 13.4 Å². The summed E-state index contributed by atoms with van der Waals surface area (Å²) in [5.74, 6) is 3.47. The van der Waals surface area contributed by atoms with E-state index in [1.165, 1.54) is 142 Å². The molecule has 6 heteroatoms. The monoisotopic (exact) mass is 1500 g/mol. The minimum atomic E-state index is 0.0612. The summed E-state index contributed by atoms with van der Waals surface area (Å²) in [7, 11) is 0. The molecule has 0 fully saturated rings. The lowest BCUT2D eigenvalue weighted by atomic mass is 9.35. The minimum absolute atomic E-state index is 0.0612. The molecule has 0 aromatic heterocycles. The molecule has 2 aliphatic heterocycles. The van der Waals surface area contributed by atoms with Gasteiger partial charge >= 0.3 is 0 Å². The number of anilines is 6. The van der Waals surface area contributed by atoms with Crippen LogP contribution in [0.25, 0.3) is 120 Å². The van der Waals surface area contributed by atoms with Crippen LogP contribution in [0.4, 0.5) is 34.1 Å². The van der Waals surface area contributed by atoms with Gasteiger partial charge in [-0.05, 0) is 215 Å². The molecule has 118 heavy (non-hydrogen) atoms. The lowest BCUT2D eigenvalue weighted by molar-refractivity contribution is 0.487. The topological polar surface area (TPSA) is 24.9 Å². The molecule has 0 saturated carbocycles. The van der Waals surface area contributed by atoms with Crippen LogP contribution in [0.3, 0.4) is 0 Å². The summed E-state index contributed by atoms with van der Waals surface area (Å²) in [6.07, 6.45) is 0. The Balaban J connectivity index is 0.000000143. The predicted molar refractivity (Wildman–Crippen MR) is 503 cm³/mol. The first-order valence-electron chi connectivity index (χ1n) is 40.8. The van der Waals surface area contributed by atoms with E-state index in [0.29, 0.717) is 0 Å². The molecule has 21 aromatic rings. The van der Waals surface area contributed by atoms with Crippen LogP contribution in [0.2, 0.25) is 0 Å². The quantitative estimate of drug-likeness (QED) is 0.0848. The van der Waals surface area contributed by atoms with Gasteiger partial charge in [0.25, 0.3) is 0 Å². The van der Waals surface area contributed by atoms with E-state index in [9.17, 15) is 0 Å². The average Bonchev–Trinajstić information content (AvgIpc) is 0.713. The van der Waals surface area contributed by atoms with Gasteiger partial charge in [-0.2, -0.15) is 0 Å². The van der Waals surface area contributed by atoms with Crippen LogP contribution in [0.1, 0.15) is 11.1 Å². The maximum atomic E-state index is 7.01. The number of para-hydroxylation sites is 2. The molecule has 0 amide bonds. The Labute approximate surface area is 687 Å². The molecule has 552 valence electrons. The number of ether oxygens (including phenoxy) is 2. The van der Waals surface area contributed by atoms with Crippen molar-refractivity contribution in [2.45, 2.75) is 13.8 Å². The number of fused-ring (bicyclic) bond motifs is 14. The summed E-state index contributed by atoms with van der Waals surface area (Å²) in [6.45, 7) is 4.70. The van der Waals surface area contributed by atoms with Crippen molar-refractivity contribution in [3.8, 4) is 56.4 Å². The number of hydrogen-bond acceptors (Lipinski definition) is 4. The Morgan fingerprint density at radius 1 is 0.195 bits per heavy atom. The van der Waals surface area contributed by atoms with Crippen LogP contribution in [0.5, 0.6) is 23.0 Å². The molecule has 0 spiro atoms. The summed E-state index contributed by atoms with van der Waals surface area (Å²) >= 11 is 0. The Kier molecular flexibility index (Phi) is 17.2. The second-order valence-corrected chi connectivity index (χ2v) is 31.4. The highest BCUT2D eigenvalue weighted by Crippen LogP contribution is 2.54. The Bertz CT molecular complexity index is 7340. The van der Waals surface area contributed by atoms with Crippen molar-refractivity contribution in [2.24, 2.45) is 0 Å². The zero-order chi connectivity index (χ0) is 78.3. The second-order valence-electron chi connectivity index (χ2n) is 31.4. The first kappa shape index (κ1) is 69.7. The van der Waals surface area contributed by atoms with Gasteiger partial charge in [0, 0.05) is 68.2 Å². The van der Waals surface area contributed by atoms with E-state index < -0.39 is 0 Å². The molecule has 2 aliphatic rings. The lowest BCUT2D eigenvalue weighted by Gasteiger charge is -2.29. The molecule has 2 heterocycles. The van der Waals surface area contributed by atoms with Gasteiger partial charge in [-0.25, -0.2) is 0 Å². The van der Waals surface area contributed by atoms with Crippen molar-refractivity contribution in [2.75, 3.05) is 9.80 Å². The fourth-order valence-corrected chi connectivity index (χ4v) is 19.0. The number of rotatable bonds is 13. The van der Waals surface area contributed by atoms with Crippen molar-refractivity contribution in [1.29, 1.82) is 0 Å². The van der Waals surface area contributed by atoms with E-state index in [1.807, 2.05) is 0 Å². The Morgan fingerprint density at radius 3 is 1.06 bits per heavy atom. The highest BCUT2D eigenvalue weighted by molar-refractivity contribution is 6.97. The van der Waals surface area contributed by atoms with Crippen molar-refractivity contribution < 1.29 is 9.47 Å². The van der Waals surface area contributed by atoms with Crippen molar-refractivity contribution in [3.05, 3.63) is 436 Å². The zero-order valence-electron chi connectivity index (χ0n) is 65.3. The molecule has 0 radical (unpaired) electrons. The van der Waals surface area contributed by atoms with E-state index in [2.05, 4.69) is 448 Å². The molecule has 0 atom stereocenters. The van der Waals surface area contributed by atoms with E-state index >= 15 is 0 Å². The van der Waals surface area contributed by atoms with Gasteiger partial charge < -0.3 is 19.3 Å². The van der Waals surface area contributed by atoms with Crippen LogP contribution in [0, 0.1) is 13.8 Å². The maximum absolute atomic E-state index is 7.01. The molecule has 0 N–H and O–H groups in total. The third-order valence-electron chi connectivity index (χ3n) is 24.6. The normalized spacial score (nSPS) is 11.8. The third kappa shape index (κ3) is 12.1. The molecule has 0 bridgehead atoms. The molecule has 23 rings (SSSR count). The van der Waals surface area contributed by atoms with E-state index in [0.717, 1.165) is 79.0 Å². The fourth-order valence-electron chi connectivity index (χ4n) is 19.0. The summed E-state index contributed by atoms with van der Waals surface area (Å²) < 4.78 is 13.9. The van der Waals surface area contributed by atoms with E-state index in [4.69, 9.17) is 9.47 Å². The highest BCUT2D eigenvalue weighted by Gasteiger charge is 2.32. The molecule has 21 aromatic carbocycles. The second kappa shape index (κ2) is 29.1. The number of aryl methyl sites for hydroxylation is 2. The van der Waals surface area contributed by atoms with Gasteiger partial charge in [-0.3, -0.25) is 0 Å². The summed E-state index contributed by atoms with van der Waals surface area (Å²) in [6, 6.07) is 154. The minimum Gasteiger partial charge on any atom is -0.456 e.